The average Bonchev–Trinajstić information content (AvgIpc) is 2.17. The second-order valence-corrected chi connectivity index (χ2v) is 3.38. The average molecular weight is 212 g/mol. The van der Waals surface area contributed by atoms with Crippen molar-refractivity contribution >= 4 is 6.21 Å². The molecule has 0 atom stereocenters. The van der Waals surface area contributed by atoms with Crippen molar-refractivity contribution in [3.63, 3.8) is 0 Å². The van der Waals surface area contributed by atoms with Gasteiger partial charge in [0.1, 0.15) is 24.5 Å². The third-order valence-electron chi connectivity index (χ3n) is 1.60. The van der Waals surface area contributed by atoms with Gasteiger partial charge < -0.3 is 4.84 Å². The molecule has 4 heteroatoms. The monoisotopic (exact) mass is 212 g/mol. The second-order valence-electron chi connectivity index (χ2n) is 3.38. The molecule has 1 aromatic carbocycles. The maximum atomic E-state index is 13.0. The van der Waals surface area contributed by atoms with Gasteiger partial charge >= 0.3 is 0 Å². The van der Waals surface area contributed by atoms with Gasteiger partial charge in [-0.1, -0.05) is 19.0 Å². The van der Waals surface area contributed by atoms with E-state index in [4.69, 9.17) is 4.84 Å². The standard InChI is InChI=1S/C11H12F2NO/c1-8(2)6-14-15-7-9-5-10(12)3-4-11(9)13/h3-5,8H,7H2,1-2H3. The molecule has 0 heterocycles. The molecule has 0 N–H and O–H groups in total. The van der Waals surface area contributed by atoms with Crippen LogP contribution in [0.3, 0.4) is 0 Å². The molecule has 81 valence electrons. The van der Waals surface area contributed by atoms with Crippen molar-refractivity contribution in [2.75, 3.05) is 0 Å². The Morgan fingerprint density at radius 3 is 2.80 bits per heavy atom. The van der Waals surface area contributed by atoms with Crippen molar-refractivity contribution in [1.82, 2.24) is 0 Å². The molecule has 0 saturated heterocycles. The highest BCUT2D eigenvalue weighted by Crippen LogP contribution is 2.10. The van der Waals surface area contributed by atoms with E-state index in [9.17, 15) is 8.78 Å². The maximum absolute atomic E-state index is 13.0. The zero-order chi connectivity index (χ0) is 11.3. The van der Waals surface area contributed by atoms with Crippen LogP contribution in [0.25, 0.3) is 0 Å². The van der Waals surface area contributed by atoms with Gasteiger partial charge in [0.2, 0.25) is 0 Å². The highest BCUT2D eigenvalue weighted by molar-refractivity contribution is 5.58. The van der Waals surface area contributed by atoms with Crippen LogP contribution in [0.4, 0.5) is 8.78 Å². The lowest BCUT2D eigenvalue weighted by atomic mass is 10.2. The molecule has 0 aromatic heterocycles. The Labute approximate surface area is 87.6 Å². The van der Waals surface area contributed by atoms with E-state index in [1.165, 1.54) is 0 Å². The van der Waals surface area contributed by atoms with Crippen LogP contribution in [0.1, 0.15) is 19.4 Å². The molecular formula is C11H12F2NO. The lowest BCUT2D eigenvalue weighted by molar-refractivity contribution is 0.128. The summed E-state index contributed by atoms with van der Waals surface area (Å²) in [6.45, 7) is 3.68. The molecule has 0 aliphatic rings. The zero-order valence-corrected chi connectivity index (χ0v) is 8.63. The van der Waals surface area contributed by atoms with Crippen LogP contribution in [-0.4, -0.2) is 6.21 Å². The molecule has 0 amide bonds. The van der Waals surface area contributed by atoms with E-state index in [2.05, 4.69) is 11.4 Å². The third kappa shape index (κ3) is 4.06. The van der Waals surface area contributed by atoms with Crippen molar-refractivity contribution < 1.29 is 13.6 Å². The minimum atomic E-state index is -0.504. The first-order chi connectivity index (χ1) is 7.09. The Morgan fingerprint density at radius 2 is 2.13 bits per heavy atom. The maximum Gasteiger partial charge on any atom is 0.145 e. The smallest absolute Gasteiger partial charge is 0.145 e. The molecule has 15 heavy (non-hydrogen) atoms. The van der Waals surface area contributed by atoms with Gasteiger partial charge in [0.15, 0.2) is 0 Å². The van der Waals surface area contributed by atoms with Crippen LogP contribution in [0.5, 0.6) is 0 Å². The van der Waals surface area contributed by atoms with Crippen LogP contribution in [0, 0.1) is 17.6 Å². The molecular weight excluding hydrogens is 200 g/mol. The fourth-order valence-corrected chi connectivity index (χ4v) is 0.898. The first kappa shape index (κ1) is 11.6. The highest BCUT2D eigenvalue weighted by Gasteiger charge is 2.03. The molecule has 0 bridgehead atoms. The Kier molecular flexibility index (Phi) is 4.21. The molecule has 0 spiro atoms. The largest absolute Gasteiger partial charge is 0.391 e. The van der Waals surface area contributed by atoms with E-state index in [0.717, 1.165) is 18.2 Å². The summed E-state index contributed by atoms with van der Waals surface area (Å²) in [5, 5.41) is 3.50. The normalized spacial score (nSPS) is 11.3. The van der Waals surface area contributed by atoms with Crippen LogP contribution in [0.2, 0.25) is 0 Å². The quantitative estimate of drug-likeness (QED) is 0.555. The first-order valence-electron chi connectivity index (χ1n) is 4.61. The van der Waals surface area contributed by atoms with Gasteiger partial charge in [0.05, 0.1) is 0 Å². The van der Waals surface area contributed by atoms with Gasteiger partial charge in [0.25, 0.3) is 0 Å². The summed E-state index contributed by atoms with van der Waals surface area (Å²) in [7, 11) is 0. The zero-order valence-electron chi connectivity index (χ0n) is 8.63. The Morgan fingerprint density at radius 1 is 1.40 bits per heavy atom. The molecule has 1 aromatic rings. The lowest BCUT2D eigenvalue weighted by Crippen LogP contribution is -1.95. The predicted molar refractivity (Wildman–Crippen MR) is 53.4 cm³/mol. The fourth-order valence-electron chi connectivity index (χ4n) is 0.898. The van der Waals surface area contributed by atoms with Gasteiger partial charge in [-0.2, -0.15) is 0 Å². The van der Waals surface area contributed by atoms with Crippen molar-refractivity contribution in [2.24, 2.45) is 11.1 Å². The van der Waals surface area contributed by atoms with Crippen LogP contribution in [0.15, 0.2) is 23.4 Å². The molecule has 0 fully saturated rings. The highest BCUT2D eigenvalue weighted by atomic mass is 19.1. The minimum absolute atomic E-state index is 0.0939. The summed E-state index contributed by atoms with van der Waals surface area (Å²) in [6, 6.07) is 3.20. The van der Waals surface area contributed by atoms with E-state index in [0.29, 0.717) is 0 Å². The number of halogens is 2. The summed E-state index contributed by atoms with van der Waals surface area (Å²) < 4.78 is 25.8. The van der Waals surface area contributed by atoms with E-state index in [1.807, 2.05) is 13.8 Å². The van der Waals surface area contributed by atoms with Crippen LogP contribution >= 0.6 is 0 Å². The van der Waals surface area contributed by atoms with E-state index in [-0.39, 0.29) is 18.1 Å². The van der Waals surface area contributed by atoms with Crippen molar-refractivity contribution in [3.8, 4) is 0 Å². The lowest BCUT2D eigenvalue weighted by Gasteiger charge is -2.01. The molecule has 0 unspecified atom stereocenters. The molecule has 1 radical (unpaired) electrons. The van der Waals surface area contributed by atoms with Crippen molar-refractivity contribution in [2.45, 2.75) is 20.5 Å². The SMILES string of the molecule is CC(C)/[C]=N\OCc1cc(F)ccc1F. The topological polar surface area (TPSA) is 21.6 Å². The van der Waals surface area contributed by atoms with Gasteiger partial charge in [0, 0.05) is 11.5 Å². The first-order valence-corrected chi connectivity index (χ1v) is 4.61. The molecule has 0 aliphatic heterocycles. The summed E-state index contributed by atoms with van der Waals surface area (Å²) in [5.74, 6) is -0.856. The molecule has 2 nitrogen and oxygen atoms in total. The predicted octanol–water partition coefficient (Wildman–Crippen LogP) is 3.00. The number of benzene rings is 1. The molecule has 1 rings (SSSR count). The van der Waals surface area contributed by atoms with Crippen molar-refractivity contribution in [3.05, 3.63) is 35.4 Å². The number of rotatable bonds is 4. The van der Waals surface area contributed by atoms with Crippen molar-refractivity contribution in [1.29, 1.82) is 0 Å². The van der Waals surface area contributed by atoms with E-state index < -0.39 is 11.6 Å². The Balaban J connectivity index is 2.54. The molecule has 0 saturated carbocycles. The van der Waals surface area contributed by atoms with Gasteiger partial charge in [-0.05, 0) is 18.2 Å². The van der Waals surface area contributed by atoms with E-state index >= 15 is 0 Å². The van der Waals surface area contributed by atoms with Gasteiger partial charge in [-0.25, -0.2) is 8.78 Å². The van der Waals surface area contributed by atoms with Gasteiger partial charge in [-0.3, -0.25) is 0 Å². The summed E-state index contributed by atoms with van der Waals surface area (Å²) in [5.41, 5.74) is 0.143. The third-order valence-corrected chi connectivity index (χ3v) is 1.60. The van der Waals surface area contributed by atoms with Crippen LogP contribution < -0.4 is 0 Å². The second kappa shape index (κ2) is 5.44. The Hall–Kier alpha value is -1.45. The summed E-state index contributed by atoms with van der Waals surface area (Å²) in [4.78, 5) is 4.77. The van der Waals surface area contributed by atoms with Gasteiger partial charge in [-0.15, -0.1) is 0 Å². The number of hydrogen-bond acceptors (Lipinski definition) is 2. The summed E-state index contributed by atoms with van der Waals surface area (Å²) in [6.07, 6.45) is 2.64. The molecule has 0 aliphatic carbocycles. The minimum Gasteiger partial charge on any atom is -0.391 e. The Bertz CT molecular complexity index is 350. The van der Waals surface area contributed by atoms with E-state index in [1.54, 1.807) is 0 Å². The van der Waals surface area contributed by atoms with Crippen LogP contribution in [-0.2, 0) is 11.4 Å². The summed E-state index contributed by atoms with van der Waals surface area (Å²) >= 11 is 0. The fraction of sp³-hybridized carbons (Fsp3) is 0.364. The number of hydrogen-bond donors (Lipinski definition) is 0. The number of nitrogens with zero attached hydrogens (tertiary/aromatic N) is 1.